The van der Waals surface area contributed by atoms with Gasteiger partial charge in [0.25, 0.3) is 0 Å². The molecule has 1 unspecified atom stereocenters. The van der Waals surface area contributed by atoms with E-state index in [9.17, 15) is 13.2 Å². The molecule has 146 valence electrons. The number of piperidine rings is 1. The number of hydrogen-bond acceptors (Lipinski definition) is 6. The Kier molecular flexibility index (Phi) is 5.83. The van der Waals surface area contributed by atoms with Crippen molar-refractivity contribution in [1.82, 2.24) is 9.29 Å². The maximum Gasteiger partial charge on any atom is 0.230 e. The van der Waals surface area contributed by atoms with Crippen LogP contribution in [0.2, 0.25) is 0 Å². The predicted molar refractivity (Wildman–Crippen MR) is 107 cm³/mol. The summed E-state index contributed by atoms with van der Waals surface area (Å²) in [5.41, 5.74) is 2.74. The third kappa shape index (κ3) is 4.66. The second-order valence-corrected chi connectivity index (χ2v) is 9.51. The molecule has 0 bridgehead atoms. The molecule has 7 nitrogen and oxygen atoms in total. The summed E-state index contributed by atoms with van der Waals surface area (Å²) in [6.45, 7) is 2.66. The van der Waals surface area contributed by atoms with Crippen molar-refractivity contribution in [2.24, 2.45) is 5.92 Å². The number of ether oxygens (including phenoxy) is 1. The van der Waals surface area contributed by atoms with Crippen LogP contribution in [0.1, 0.15) is 18.4 Å². The molecular weight excluding hydrogens is 386 g/mol. The number of hydrogen-bond donors (Lipinski definition) is 1. The number of thiazole rings is 1. The Morgan fingerprint density at radius 1 is 1.41 bits per heavy atom. The fourth-order valence-corrected chi connectivity index (χ4v) is 4.80. The van der Waals surface area contributed by atoms with E-state index in [1.807, 2.05) is 30.5 Å². The molecule has 27 heavy (non-hydrogen) atoms. The summed E-state index contributed by atoms with van der Waals surface area (Å²) in [6, 6.07) is 5.81. The molecule has 0 spiro atoms. The van der Waals surface area contributed by atoms with Gasteiger partial charge in [0.1, 0.15) is 5.75 Å². The number of carbonyl (C=O) groups excluding carboxylic acids is 1. The molecule has 9 heteroatoms. The van der Waals surface area contributed by atoms with Gasteiger partial charge in [0, 0.05) is 24.0 Å². The first-order valence-electron chi connectivity index (χ1n) is 8.64. The molecule has 1 aromatic carbocycles. The van der Waals surface area contributed by atoms with Gasteiger partial charge in [-0.2, -0.15) is 0 Å². The average Bonchev–Trinajstić information content (AvgIpc) is 3.09. The Labute approximate surface area is 163 Å². The van der Waals surface area contributed by atoms with Crippen LogP contribution in [0.3, 0.4) is 0 Å². The van der Waals surface area contributed by atoms with Crippen molar-refractivity contribution in [2.45, 2.75) is 19.8 Å². The number of amides is 1. The first-order chi connectivity index (χ1) is 12.8. The van der Waals surface area contributed by atoms with Crippen molar-refractivity contribution in [1.29, 1.82) is 0 Å². The summed E-state index contributed by atoms with van der Waals surface area (Å²) in [7, 11) is -1.64. The zero-order valence-corrected chi connectivity index (χ0v) is 17.2. The minimum Gasteiger partial charge on any atom is -0.496 e. The lowest BCUT2D eigenvalue weighted by molar-refractivity contribution is -0.120. The van der Waals surface area contributed by atoms with Gasteiger partial charge in [0.2, 0.25) is 15.9 Å². The molecule has 1 aliphatic rings. The monoisotopic (exact) mass is 409 g/mol. The van der Waals surface area contributed by atoms with E-state index in [1.165, 1.54) is 21.9 Å². The van der Waals surface area contributed by atoms with Crippen LogP contribution in [-0.4, -0.2) is 50.1 Å². The molecule has 1 saturated heterocycles. The highest BCUT2D eigenvalue weighted by Crippen LogP contribution is 2.29. The lowest BCUT2D eigenvalue weighted by Gasteiger charge is -2.29. The van der Waals surface area contributed by atoms with Crippen molar-refractivity contribution in [3.05, 3.63) is 29.1 Å². The summed E-state index contributed by atoms with van der Waals surface area (Å²) in [5.74, 6) is 0.273. The quantitative estimate of drug-likeness (QED) is 0.820. The van der Waals surface area contributed by atoms with Crippen LogP contribution >= 0.6 is 11.3 Å². The highest BCUT2D eigenvalue weighted by Gasteiger charge is 2.30. The van der Waals surface area contributed by atoms with Gasteiger partial charge >= 0.3 is 0 Å². The number of rotatable bonds is 5. The van der Waals surface area contributed by atoms with E-state index in [4.69, 9.17) is 4.74 Å². The summed E-state index contributed by atoms with van der Waals surface area (Å²) in [4.78, 5) is 17.0. The Bertz CT molecular complexity index is 940. The molecule has 1 amide bonds. The van der Waals surface area contributed by atoms with Crippen LogP contribution in [0.25, 0.3) is 11.3 Å². The van der Waals surface area contributed by atoms with Crippen LogP contribution in [0, 0.1) is 12.8 Å². The van der Waals surface area contributed by atoms with Crippen LogP contribution < -0.4 is 10.1 Å². The Hall–Kier alpha value is -1.97. The first kappa shape index (κ1) is 19.8. The number of carbonyl (C=O) groups is 1. The molecule has 3 rings (SSSR count). The van der Waals surface area contributed by atoms with Crippen molar-refractivity contribution in [3.8, 4) is 17.0 Å². The molecule has 2 heterocycles. The van der Waals surface area contributed by atoms with E-state index in [0.717, 1.165) is 22.6 Å². The van der Waals surface area contributed by atoms with E-state index >= 15 is 0 Å². The maximum atomic E-state index is 12.5. The molecule has 1 atom stereocenters. The highest BCUT2D eigenvalue weighted by atomic mass is 32.2. The Morgan fingerprint density at radius 2 is 2.19 bits per heavy atom. The van der Waals surface area contributed by atoms with E-state index in [2.05, 4.69) is 10.3 Å². The van der Waals surface area contributed by atoms with Crippen LogP contribution in [-0.2, 0) is 14.8 Å². The molecular formula is C18H23N3O4S2. The highest BCUT2D eigenvalue weighted by molar-refractivity contribution is 7.88. The molecule has 1 N–H and O–H groups in total. The number of aromatic nitrogens is 1. The second-order valence-electron chi connectivity index (χ2n) is 6.67. The Balaban J connectivity index is 1.68. The lowest BCUT2D eigenvalue weighted by atomic mass is 9.99. The number of benzene rings is 1. The number of methoxy groups -OCH3 is 1. The Morgan fingerprint density at radius 3 is 2.85 bits per heavy atom. The number of aryl methyl sites for hydroxylation is 1. The molecule has 1 aromatic heterocycles. The van der Waals surface area contributed by atoms with E-state index in [1.54, 1.807) is 7.11 Å². The maximum absolute atomic E-state index is 12.5. The van der Waals surface area contributed by atoms with Crippen molar-refractivity contribution >= 4 is 32.4 Å². The number of nitrogens with zero attached hydrogens (tertiary/aromatic N) is 2. The van der Waals surface area contributed by atoms with Crippen molar-refractivity contribution in [3.63, 3.8) is 0 Å². The lowest BCUT2D eigenvalue weighted by Crippen LogP contribution is -2.43. The standard InChI is InChI=1S/C18H23N3O4S2/c1-12-9-13(6-7-16(12)25-2)15-11-26-18(19-15)20-17(22)14-5-4-8-21(10-14)27(3,23)24/h6-7,9,11,14H,4-5,8,10H2,1-3H3,(H,19,20,22). The van der Waals surface area contributed by atoms with Gasteiger partial charge < -0.3 is 10.1 Å². The van der Waals surface area contributed by atoms with Gasteiger partial charge in [-0.25, -0.2) is 17.7 Å². The third-order valence-corrected chi connectivity index (χ3v) is 6.68. The van der Waals surface area contributed by atoms with E-state index in [-0.39, 0.29) is 18.4 Å². The van der Waals surface area contributed by atoms with Gasteiger partial charge in [-0.1, -0.05) is 0 Å². The molecule has 2 aromatic rings. The average molecular weight is 410 g/mol. The van der Waals surface area contributed by atoms with Gasteiger partial charge in [-0.05, 0) is 43.5 Å². The molecule has 0 aliphatic carbocycles. The predicted octanol–water partition coefficient (Wildman–Crippen LogP) is 2.74. The van der Waals surface area contributed by atoms with Gasteiger partial charge in [-0.3, -0.25) is 4.79 Å². The van der Waals surface area contributed by atoms with Crippen molar-refractivity contribution in [2.75, 3.05) is 31.8 Å². The first-order valence-corrected chi connectivity index (χ1v) is 11.4. The minimum absolute atomic E-state index is 0.185. The fourth-order valence-electron chi connectivity index (χ4n) is 3.17. The minimum atomic E-state index is -3.28. The largest absolute Gasteiger partial charge is 0.496 e. The van der Waals surface area contributed by atoms with Gasteiger partial charge in [0.15, 0.2) is 5.13 Å². The van der Waals surface area contributed by atoms with Gasteiger partial charge in [0.05, 0.1) is 25.0 Å². The SMILES string of the molecule is COc1ccc(-c2csc(NC(=O)C3CCCN(S(C)(=O)=O)C3)n2)cc1C. The third-order valence-electron chi connectivity index (χ3n) is 4.65. The van der Waals surface area contributed by atoms with Crippen LogP contribution in [0.5, 0.6) is 5.75 Å². The van der Waals surface area contributed by atoms with Crippen molar-refractivity contribution < 1.29 is 17.9 Å². The van der Waals surface area contributed by atoms with E-state index in [0.29, 0.717) is 24.5 Å². The molecule has 0 radical (unpaired) electrons. The smallest absolute Gasteiger partial charge is 0.230 e. The van der Waals surface area contributed by atoms with Crippen LogP contribution in [0.15, 0.2) is 23.6 Å². The number of nitrogens with one attached hydrogen (secondary N) is 1. The summed E-state index contributed by atoms with van der Waals surface area (Å²) < 4.78 is 30.1. The van der Waals surface area contributed by atoms with Crippen LogP contribution in [0.4, 0.5) is 5.13 Å². The fraction of sp³-hybridized carbons (Fsp3) is 0.444. The molecule has 1 aliphatic heterocycles. The normalized spacial score (nSPS) is 18.3. The number of sulfonamides is 1. The molecule has 1 fully saturated rings. The zero-order chi connectivity index (χ0) is 19.6. The second kappa shape index (κ2) is 7.95. The zero-order valence-electron chi connectivity index (χ0n) is 15.6. The number of anilines is 1. The molecule has 0 saturated carbocycles. The van der Waals surface area contributed by atoms with E-state index < -0.39 is 10.0 Å². The van der Waals surface area contributed by atoms with Gasteiger partial charge in [-0.15, -0.1) is 11.3 Å². The topological polar surface area (TPSA) is 88.6 Å². The summed E-state index contributed by atoms with van der Waals surface area (Å²) in [5, 5.41) is 5.24. The summed E-state index contributed by atoms with van der Waals surface area (Å²) in [6.07, 6.45) is 2.53. The summed E-state index contributed by atoms with van der Waals surface area (Å²) >= 11 is 1.35.